The van der Waals surface area contributed by atoms with Crippen LogP contribution in [0.3, 0.4) is 0 Å². The van der Waals surface area contributed by atoms with E-state index in [0.29, 0.717) is 29.8 Å². The monoisotopic (exact) mass is 426 g/mol. The van der Waals surface area contributed by atoms with Crippen molar-refractivity contribution in [1.29, 1.82) is 0 Å². The Morgan fingerprint density at radius 3 is 2.70 bits per heavy atom. The molecule has 0 atom stereocenters. The first-order chi connectivity index (χ1) is 14.6. The fourth-order valence-corrected chi connectivity index (χ4v) is 3.42. The molecule has 1 radical (unpaired) electrons. The smallest absolute Gasteiger partial charge is 0.243 e. The van der Waals surface area contributed by atoms with Crippen molar-refractivity contribution in [3.8, 4) is 0 Å². The molecule has 0 unspecified atom stereocenters. The number of carbonyl (C=O) groups is 1. The highest BCUT2D eigenvalue weighted by Crippen LogP contribution is 2.27. The summed E-state index contributed by atoms with van der Waals surface area (Å²) in [6, 6.07) is 14.4. The lowest BCUT2D eigenvalue weighted by Gasteiger charge is -2.10. The molecule has 5 N–H and O–H groups in total. The molecule has 2 heterocycles. The molecule has 0 saturated carbocycles. The highest BCUT2D eigenvalue weighted by molar-refractivity contribution is 7.99. The number of rotatable bonds is 11. The number of nitrogens with zero attached hydrogens (tertiary/aromatic N) is 3. The summed E-state index contributed by atoms with van der Waals surface area (Å²) in [5.41, 5.74) is 2.53. The number of unbranched alkanes of at least 4 members (excludes halogenated alkanes) is 2. The van der Waals surface area contributed by atoms with Crippen molar-refractivity contribution in [2.24, 2.45) is 0 Å². The van der Waals surface area contributed by atoms with Crippen LogP contribution >= 0.6 is 11.8 Å². The minimum absolute atomic E-state index is 0.316. The number of carbonyl (C=O) groups excluding carboxylic acids is 1. The third-order valence-corrected chi connectivity index (χ3v) is 4.96. The van der Waals surface area contributed by atoms with E-state index in [1.807, 2.05) is 43.3 Å². The Hall–Kier alpha value is -3.11. The molecular weight excluding hydrogens is 402 g/mol. The Morgan fingerprint density at radius 1 is 1.17 bits per heavy atom. The van der Waals surface area contributed by atoms with Crippen LogP contribution in [0.4, 0.5) is 17.5 Å². The van der Waals surface area contributed by atoms with Crippen LogP contribution in [0, 0.1) is 13.0 Å². The van der Waals surface area contributed by atoms with Crippen molar-refractivity contribution in [2.75, 3.05) is 17.2 Å². The van der Waals surface area contributed by atoms with E-state index >= 15 is 0 Å². The van der Waals surface area contributed by atoms with Crippen molar-refractivity contribution in [3.05, 3.63) is 48.2 Å². The molecule has 9 nitrogen and oxygen atoms in total. The van der Waals surface area contributed by atoms with Gasteiger partial charge in [-0.25, -0.2) is 15.4 Å². The Bertz CT molecular complexity index is 949. The summed E-state index contributed by atoms with van der Waals surface area (Å²) in [5, 5.41) is 22.7. The van der Waals surface area contributed by atoms with E-state index in [2.05, 4.69) is 36.9 Å². The van der Waals surface area contributed by atoms with Crippen LogP contribution in [0.15, 0.2) is 46.5 Å². The summed E-state index contributed by atoms with van der Waals surface area (Å²) in [7, 11) is 0. The molecule has 0 spiro atoms. The highest BCUT2D eigenvalue weighted by Gasteiger charge is 2.08. The van der Waals surface area contributed by atoms with Crippen molar-refractivity contribution in [2.45, 2.75) is 42.7 Å². The van der Waals surface area contributed by atoms with Gasteiger partial charge in [0, 0.05) is 30.0 Å². The molecule has 0 saturated heterocycles. The maximum absolute atomic E-state index is 11.0. The van der Waals surface area contributed by atoms with Crippen LogP contribution in [0.1, 0.15) is 31.4 Å². The Morgan fingerprint density at radius 2 is 1.97 bits per heavy atom. The lowest BCUT2D eigenvalue weighted by molar-refractivity contribution is -0.129. The molecule has 0 bridgehead atoms. The molecule has 30 heavy (non-hydrogen) atoms. The molecule has 2 aromatic heterocycles. The molecule has 1 amide bonds. The summed E-state index contributed by atoms with van der Waals surface area (Å²) >= 11 is 1.47. The predicted molar refractivity (Wildman–Crippen MR) is 115 cm³/mol. The molecule has 0 aliphatic heterocycles. The van der Waals surface area contributed by atoms with Crippen LogP contribution in [-0.4, -0.2) is 37.8 Å². The molecule has 3 aromatic rings. The first kappa shape index (κ1) is 21.6. The van der Waals surface area contributed by atoms with Gasteiger partial charge in [0.2, 0.25) is 5.91 Å². The van der Waals surface area contributed by atoms with E-state index in [9.17, 15) is 4.79 Å². The minimum Gasteiger partial charge on any atom is -0.370 e. The van der Waals surface area contributed by atoms with E-state index in [-0.39, 0.29) is 5.91 Å². The summed E-state index contributed by atoms with van der Waals surface area (Å²) in [6.45, 7) is 2.62. The SMILES string of the molecule is Cc1cc(Nc2cc(NCCCCCC(=O)NO)nc(Sc3cc[c]cc3)n2)[nH]n1. The molecule has 0 fully saturated rings. The van der Waals surface area contributed by atoms with Crippen molar-refractivity contribution in [3.63, 3.8) is 0 Å². The zero-order valence-electron chi connectivity index (χ0n) is 16.6. The minimum atomic E-state index is -0.358. The van der Waals surface area contributed by atoms with Gasteiger partial charge in [-0.3, -0.25) is 15.1 Å². The fraction of sp³-hybridized carbons (Fsp3) is 0.300. The van der Waals surface area contributed by atoms with Gasteiger partial charge in [-0.05, 0) is 49.7 Å². The van der Waals surface area contributed by atoms with Crippen LogP contribution in [-0.2, 0) is 4.79 Å². The number of hydrogen-bond donors (Lipinski definition) is 5. The van der Waals surface area contributed by atoms with Gasteiger partial charge in [0.05, 0.1) is 5.69 Å². The average molecular weight is 427 g/mol. The fourth-order valence-electron chi connectivity index (χ4n) is 2.65. The van der Waals surface area contributed by atoms with Gasteiger partial charge >= 0.3 is 0 Å². The maximum Gasteiger partial charge on any atom is 0.243 e. The molecule has 0 aliphatic carbocycles. The molecule has 157 valence electrons. The lowest BCUT2D eigenvalue weighted by Crippen LogP contribution is -2.17. The third kappa shape index (κ3) is 7.05. The Balaban J connectivity index is 1.63. The summed E-state index contributed by atoms with van der Waals surface area (Å²) in [6.07, 6.45) is 2.78. The van der Waals surface area contributed by atoms with Crippen LogP contribution in [0.25, 0.3) is 0 Å². The van der Waals surface area contributed by atoms with Gasteiger partial charge in [0.1, 0.15) is 17.5 Å². The van der Waals surface area contributed by atoms with Crippen molar-refractivity contribution in [1.82, 2.24) is 25.6 Å². The Labute approximate surface area is 179 Å². The molecule has 3 rings (SSSR count). The number of hydroxylamine groups is 1. The number of nitrogens with one attached hydrogen (secondary N) is 4. The van der Waals surface area contributed by atoms with Gasteiger partial charge in [0.25, 0.3) is 0 Å². The quantitative estimate of drug-likeness (QED) is 0.136. The second-order valence-corrected chi connectivity index (χ2v) is 7.62. The summed E-state index contributed by atoms with van der Waals surface area (Å²) in [5.74, 6) is 1.76. The van der Waals surface area contributed by atoms with E-state index in [1.54, 1.807) is 5.48 Å². The van der Waals surface area contributed by atoms with Crippen LogP contribution < -0.4 is 16.1 Å². The first-order valence-corrected chi connectivity index (χ1v) is 10.4. The number of aromatic amines is 1. The topological polar surface area (TPSA) is 128 Å². The number of hydrogen-bond acceptors (Lipinski definition) is 8. The molecule has 1 aromatic carbocycles. The number of H-pyrrole nitrogens is 1. The number of aryl methyl sites for hydroxylation is 1. The number of aromatic nitrogens is 4. The van der Waals surface area contributed by atoms with E-state index in [0.717, 1.165) is 35.7 Å². The molecular formula is C20H24N7O2S. The van der Waals surface area contributed by atoms with Gasteiger partial charge in [-0.15, -0.1) is 0 Å². The second kappa shape index (κ2) is 11.2. The third-order valence-electron chi connectivity index (χ3n) is 4.08. The summed E-state index contributed by atoms with van der Waals surface area (Å²) in [4.78, 5) is 21.3. The number of amides is 1. The zero-order chi connectivity index (χ0) is 21.2. The highest BCUT2D eigenvalue weighted by atomic mass is 32.2. The van der Waals surface area contributed by atoms with Crippen molar-refractivity contribution >= 4 is 35.1 Å². The summed E-state index contributed by atoms with van der Waals surface area (Å²) < 4.78 is 0. The zero-order valence-corrected chi connectivity index (χ0v) is 17.4. The van der Waals surface area contributed by atoms with Gasteiger partial charge in [0.15, 0.2) is 5.16 Å². The number of anilines is 3. The molecule has 10 heteroatoms. The maximum atomic E-state index is 11.0. The molecule has 0 aliphatic rings. The standard InChI is InChI=1S/C20H24N7O2S/c1-14-12-18(26-25-14)22-17-13-16(21-11-7-3-6-10-19(28)27-29)23-20(24-17)30-15-8-4-2-5-9-15/h4-5,8-9,12-13,29H,3,6-7,10-11H2,1H3,(H,27,28)(H3,21,22,23,24,25,26). The average Bonchev–Trinajstić information content (AvgIpc) is 3.15. The number of benzene rings is 1. The van der Waals surface area contributed by atoms with Gasteiger partial charge in [-0.1, -0.05) is 18.6 Å². The second-order valence-electron chi connectivity index (χ2n) is 6.58. The Kier molecular flexibility index (Phi) is 8.04. The largest absolute Gasteiger partial charge is 0.370 e. The normalized spacial score (nSPS) is 10.6. The van der Waals surface area contributed by atoms with E-state index in [4.69, 9.17) is 5.21 Å². The van der Waals surface area contributed by atoms with Gasteiger partial charge < -0.3 is 10.6 Å². The van der Waals surface area contributed by atoms with Crippen LogP contribution in [0.5, 0.6) is 0 Å². The first-order valence-electron chi connectivity index (χ1n) is 9.61. The lowest BCUT2D eigenvalue weighted by atomic mass is 10.2. The predicted octanol–water partition coefficient (Wildman–Crippen LogP) is 3.68. The van der Waals surface area contributed by atoms with Crippen LogP contribution in [0.2, 0.25) is 0 Å². The van der Waals surface area contributed by atoms with Gasteiger partial charge in [-0.2, -0.15) is 5.10 Å². The van der Waals surface area contributed by atoms with E-state index in [1.165, 1.54) is 11.8 Å². The van der Waals surface area contributed by atoms with Crippen molar-refractivity contribution < 1.29 is 10.0 Å². The van der Waals surface area contributed by atoms with E-state index < -0.39 is 0 Å².